The van der Waals surface area contributed by atoms with Crippen LogP contribution >= 0.6 is 23.4 Å². The molecule has 0 N–H and O–H groups in total. The van der Waals surface area contributed by atoms with Gasteiger partial charge in [-0.2, -0.15) is 0 Å². The zero-order chi connectivity index (χ0) is 18.0. The molecular weight excluding hydrogens is 356 g/mol. The number of Topliss-reactive ketones (excluding diaryl/α,β-unsaturated/α-hetero) is 1. The van der Waals surface area contributed by atoms with E-state index in [1.54, 1.807) is 24.3 Å². The number of rotatable bonds is 5. The maximum Gasteiger partial charge on any atom is 0.277 e. The highest BCUT2D eigenvalue weighted by Crippen LogP contribution is 2.28. The van der Waals surface area contributed by atoms with E-state index in [-0.39, 0.29) is 11.0 Å². The lowest BCUT2D eigenvalue weighted by Crippen LogP contribution is -2.13. The van der Waals surface area contributed by atoms with E-state index in [2.05, 4.69) is 16.3 Å². The molecule has 25 heavy (non-hydrogen) atoms. The number of hydrogen-bond acceptors (Lipinski definition) is 5. The summed E-state index contributed by atoms with van der Waals surface area (Å²) >= 11 is 7.11. The Kier molecular flexibility index (Phi) is 5.25. The number of ketones is 1. The molecule has 0 aliphatic carbocycles. The van der Waals surface area contributed by atoms with Gasteiger partial charge in [-0.1, -0.05) is 40.6 Å². The maximum atomic E-state index is 12.5. The molecule has 0 spiro atoms. The molecule has 1 unspecified atom stereocenters. The van der Waals surface area contributed by atoms with Crippen LogP contribution in [0.15, 0.2) is 52.1 Å². The van der Waals surface area contributed by atoms with Gasteiger partial charge in [0.2, 0.25) is 5.89 Å². The van der Waals surface area contributed by atoms with Crippen molar-refractivity contribution < 1.29 is 9.21 Å². The van der Waals surface area contributed by atoms with E-state index in [1.165, 1.54) is 11.8 Å². The second-order valence-corrected chi connectivity index (χ2v) is 7.61. The van der Waals surface area contributed by atoms with Crippen molar-refractivity contribution in [3.63, 3.8) is 0 Å². The minimum atomic E-state index is -0.339. The fourth-order valence-corrected chi connectivity index (χ4v) is 3.41. The molecule has 6 heteroatoms. The number of benzene rings is 2. The summed E-state index contributed by atoms with van der Waals surface area (Å²) in [4.78, 5) is 12.5. The van der Waals surface area contributed by atoms with Gasteiger partial charge in [0.05, 0.1) is 5.25 Å². The maximum absolute atomic E-state index is 12.5. The molecular formula is C19H17ClN2O2S. The number of aryl methyl sites for hydroxylation is 2. The third kappa shape index (κ3) is 4.30. The number of nitrogens with zero attached hydrogens (tertiary/aromatic N) is 2. The molecule has 1 atom stereocenters. The average Bonchev–Trinajstić information content (AvgIpc) is 3.02. The Labute approximate surface area is 155 Å². The number of thioether (sulfide) groups is 1. The molecule has 4 nitrogen and oxygen atoms in total. The minimum Gasteiger partial charge on any atom is -0.411 e. The van der Waals surface area contributed by atoms with Crippen molar-refractivity contribution >= 4 is 29.1 Å². The van der Waals surface area contributed by atoms with Crippen molar-refractivity contribution in [1.82, 2.24) is 10.2 Å². The Morgan fingerprint density at radius 1 is 1.08 bits per heavy atom. The van der Waals surface area contributed by atoms with Gasteiger partial charge in [-0.15, -0.1) is 10.2 Å². The Hall–Kier alpha value is -2.11. The second-order valence-electron chi connectivity index (χ2n) is 5.88. The van der Waals surface area contributed by atoms with Gasteiger partial charge in [-0.3, -0.25) is 4.79 Å². The van der Waals surface area contributed by atoms with Crippen LogP contribution in [0.3, 0.4) is 0 Å². The lowest BCUT2D eigenvalue weighted by atomic mass is 10.1. The van der Waals surface area contributed by atoms with Crippen LogP contribution in [0.2, 0.25) is 5.02 Å². The van der Waals surface area contributed by atoms with E-state index in [0.717, 1.165) is 16.7 Å². The average molecular weight is 373 g/mol. The lowest BCUT2D eigenvalue weighted by molar-refractivity contribution is 0.0993. The van der Waals surface area contributed by atoms with Crippen LogP contribution < -0.4 is 0 Å². The molecule has 0 aliphatic heterocycles. The Morgan fingerprint density at radius 2 is 1.72 bits per heavy atom. The van der Waals surface area contributed by atoms with Gasteiger partial charge in [-0.05, 0) is 57.2 Å². The van der Waals surface area contributed by atoms with Crippen LogP contribution in [0.5, 0.6) is 0 Å². The van der Waals surface area contributed by atoms with Crippen molar-refractivity contribution in [1.29, 1.82) is 0 Å². The molecule has 0 saturated heterocycles. The van der Waals surface area contributed by atoms with E-state index >= 15 is 0 Å². The molecule has 0 amide bonds. The summed E-state index contributed by atoms with van der Waals surface area (Å²) in [6.45, 7) is 5.87. The molecule has 0 radical (unpaired) electrons. The number of carbonyl (C=O) groups excluding carboxylic acids is 1. The zero-order valence-electron chi connectivity index (χ0n) is 14.1. The number of aromatic nitrogens is 2. The standard InChI is InChI=1S/C19H17ClN2O2S/c1-11-8-12(2)10-15(9-11)18-21-22-19(24-18)25-13(3)17(23)14-4-6-16(20)7-5-14/h4-10,13H,1-3H3. The van der Waals surface area contributed by atoms with Gasteiger partial charge in [0, 0.05) is 16.1 Å². The summed E-state index contributed by atoms with van der Waals surface area (Å²) in [5.41, 5.74) is 3.76. The van der Waals surface area contributed by atoms with Crippen LogP contribution in [0.1, 0.15) is 28.4 Å². The molecule has 1 aromatic heterocycles. The minimum absolute atomic E-state index is 0.00665. The quantitative estimate of drug-likeness (QED) is 0.445. The van der Waals surface area contributed by atoms with Gasteiger partial charge in [0.1, 0.15) is 0 Å². The summed E-state index contributed by atoms with van der Waals surface area (Å²) in [6.07, 6.45) is 0. The first kappa shape index (κ1) is 17.7. The van der Waals surface area contributed by atoms with E-state index in [1.807, 2.05) is 32.9 Å². The fraction of sp³-hybridized carbons (Fsp3) is 0.211. The van der Waals surface area contributed by atoms with Crippen LogP contribution in [-0.4, -0.2) is 21.2 Å². The van der Waals surface area contributed by atoms with Crippen LogP contribution in [0.4, 0.5) is 0 Å². The smallest absolute Gasteiger partial charge is 0.277 e. The molecule has 0 fully saturated rings. The zero-order valence-corrected chi connectivity index (χ0v) is 15.7. The molecule has 0 saturated carbocycles. The number of halogens is 1. The van der Waals surface area contributed by atoms with Crippen molar-refractivity contribution in [3.8, 4) is 11.5 Å². The van der Waals surface area contributed by atoms with Crippen LogP contribution in [0.25, 0.3) is 11.5 Å². The summed E-state index contributed by atoms with van der Waals surface area (Å²) < 4.78 is 5.72. The fourth-order valence-electron chi connectivity index (χ4n) is 2.53. The molecule has 128 valence electrons. The van der Waals surface area contributed by atoms with E-state index in [4.69, 9.17) is 16.0 Å². The van der Waals surface area contributed by atoms with Gasteiger partial charge in [0.15, 0.2) is 5.78 Å². The molecule has 3 rings (SSSR count). The highest BCUT2D eigenvalue weighted by atomic mass is 35.5. The highest BCUT2D eigenvalue weighted by Gasteiger charge is 2.20. The topological polar surface area (TPSA) is 56.0 Å². The molecule has 1 heterocycles. The van der Waals surface area contributed by atoms with E-state index in [9.17, 15) is 4.79 Å². The molecule has 3 aromatic rings. The molecule has 0 bridgehead atoms. The normalized spacial score (nSPS) is 12.2. The van der Waals surface area contributed by atoms with Gasteiger partial charge in [0.25, 0.3) is 5.22 Å². The van der Waals surface area contributed by atoms with E-state index in [0.29, 0.717) is 21.7 Å². The Morgan fingerprint density at radius 3 is 2.36 bits per heavy atom. The van der Waals surface area contributed by atoms with Crippen molar-refractivity contribution in [3.05, 3.63) is 64.2 Å². The van der Waals surface area contributed by atoms with Crippen molar-refractivity contribution in [2.75, 3.05) is 0 Å². The lowest BCUT2D eigenvalue weighted by Gasteiger charge is -2.07. The first-order chi connectivity index (χ1) is 11.9. The molecule has 2 aromatic carbocycles. The second kappa shape index (κ2) is 7.42. The van der Waals surface area contributed by atoms with Crippen LogP contribution in [-0.2, 0) is 0 Å². The predicted octanol–water partition coefficient (Wildman–Crippen LogP) is 5.37. The van der Waals surface area contributed by atoms with Gasteiger partial charge < -0.3 is 4.42 Å². The number of carbonyl (C=O) groups is 1. The molecule has 0 aliphatic rings. The highest BCUT2D eigenvalue weighted by molar-refractivity contribution is 8.00. The van der Waals surface area contributed by atoms with Gasteiger partial charge in [-0.25, -0.2) is 0 Å². The summed E-state index contributed by atoms with van der Waals surface area (Å²) in [7, 11) is 0. The largest absolute Gasteiger partial charge is 0.411 e. The first-order valence-corrected chi connectivity index (χ1v) is 9.07. The monoisotopic (exact) mass is 372 g/mol. The Balaban J connectivity index is 1.74. The summed E-state index contributed by atoms with van der Waals surface area (Å²) in [5, 5.41) is 8.80. The summed E-state index contributed by atoms with van der Waals surface area (Å²) in [5.74, 6) is 0.452. The Bertz CT molecular complexity index is 886. The summed E-state index contributed by atoms with van der Waals surface area (Å²) in [6, 6.07) is 12.9. The first-order valence-electron chi connectivity index (χ1n) is 7.81. The predicted molar refractivity (Wildman–Crippen MR) is 100 cm³/mol. The van der Waals surface area contributed by atoms with E-state index < -0.39 is 0 Å². The third-order valence-electron chi connectivity index (χ3n) is 3.65. The third-order valence-corrected chi connectivity index (χ3v) is 4.84. The van der Waals surface area contributed by atoms with Gasteiger partial charge >= 0.3 is 0 Å². The SMILES string of the molecule is Cc1cc(C)cc(-c2nnc(SC(C)C(=O)c3ccc(Cl)cc3)o2)c1. The van der Waals surface area contributed by atoms with Crippen molar-refractivity contribution in [2.24, 2.45) is 0 Å². The van der Waals surface area contributed by atoms with Crippen molar-refractivity contribution in [2.45, 2.75) is 31.2 Å². The number of hydrogen-bond donors (Lipinski definition) is 0. The van der Waals surface area contributed by atoms with Crippen LogP contribution in [0, 0.1) is 13.8 Å².